The Morgan fingerprint density at radius 1 is 1.28 bits per heavy atom. The zero-order valence-corrected chi connectivity index (χ0v) is 17.7. The lowest BCUT2D eigenvalue weighted by atomic mass is 10.2. The Balaban J connectivity index is 1.55. The molecule has 3 rings (SSSR count). The van der Waals surface area contributed by atoms with E-state index in [0.717, 1.165) is 45.7 Å². The number of aryl methyl sites for hydroxylation is 1. The van der Waals surface area contributed by atoms with Crippen LogP contribution in [0.1, 0.15) is 41.6 Å². The van der Waals surface area contributed by atoms with Crippen molar-refractivity contribution in [3.05, 3.63) is 17.0 Å². The highest BCUT2D eigenvalue weighted by Crippen LogP contribution is 2.22. The molecule has 0 radical (unpaired) electrons. The van der Waals surface area contributed by atoms with Gasteiger partial charge in [-0.3, -0.25) is 14.5 Å². The summed E-state index contributed by atoms with van der Waals surface area (Å²) in [7, 11) is 1.58. The van der Waals surface area contributed by atoms with E-state index < -0.39 is 0 Å². The number of carbonyl (C=O) groups is 2. The summed E-state index contributed by atoms with van der Waals surface area (Å²) in [6.45, 7) is 9.93. The number of hydrogen-bond donors (Lipinski definition) is 0. The molecular weight excluding hydrogens is 376 g/mol. The topological polar surface area (TPSA) is 88.4 Å². The molecule has 0 N–H and O–H groups in total. The maximum absolute atomic E-state index is 12.9. The van der Waals surface area contributed by atoms with Crippen LogP contribution in [0.3, 0.4) is 0 Å². The van der Waals surface area contributed by atoms with Gasteiger partial charge in [0.05, 0.1) is 31.4 Å². The van der Waals surface area contributed by atoms with Gasteiger partial charge in [0, 0.05) is 53.3 Å². The predicted molar refractivity (Wildman–Crippen MR) is 106 cm³/mol. The summed E-state index contributed by atoms with van der Waals surface area (Å²) < 4.78 is 15.7. The second-order valence-corrected chi connectivity index (χ2v) is 7.71. The smallest absolute Gasteiger partial charge is 0.276 e. The number of methoxy groups -OCH3 is 1. The molecule has 0 saturated carbocycles. The Morgan fingerprint density at radius 2 is 2.03 bits per heavy atom. The molecular formula is C20H32N4O5. The summed E-state index contributed by atoms with van der Waals surface area (Å²) >= 11 is 0. The lowest BCUT2D eigenvalue weighted by molar-refractivity contribution is -0.131. The molecule has 1 atom stereocenters. The van der Waals surface area contributed by atoms with Crippen LogP contribution >= 0.6 is 0 Å². The van der Waals surface area contributed by atoms with Crippen LogP contribution < -0.4 is 0 Å². The zero-order valence-electron chi connectivity index (χ0n) is 17.7. The summed E-state index contributed by atoms with van der Waals surface area (Å²) in [4.78, 5) is 31.2. The van der Waals surface area contributed by atoms with Gasteiger partial charge in [0.15, 0.2) is 5.69 Å². The van der Waals surface area contributed by atoms with E-state index in [1.165, 1.54) is 0 Å². The predicted octanol–water partition coefficient (Wildman–Crippen LogP) is 0.915. The molecule has 0 bridgehead atoms. The standard InChI is InChI=1S/C20H32N4O5/c1-15-18(14-27-3)19(21-29-15)20(26)23-8-5-17(13-23)24(16(2)25)7-4-6-22-9-11-28-12-10-22/h17H,4-14H2,1-3H3. The molecule has 0 aromatic carbocycles. The molecule has 0 aliphatic carbocycles. The van der Waals surface area contributed by atoms with Crippen LogP contribution in [0.25, 0.3) is 0 Å². The monoisotopic (exact) mass is 408 g/mol. The molecule has 2 aliphatic rings. The third kappa shape index (κ3) is 5.34. The molecule has 1 aromatic heterocycles. The molecule has 0 spiro atoms. The van der Waals surface area contributed by atoms with E-state index in [-0.39, 0.29) is 24.5 Å². The number of nitrogens with zero attached hydrogens (tertiary/aromatic N) is 4. The maximum Gasteiger partial charge on any atom is 0.276 e. The van der Waals surface area contributed by atoms with E-state index in [9.17, 15) is 9.59 Å². The van der Waals surface area contributed by atoms with Crippen molar-refractivity contribution in [1.29, 1.82) is 0 Å². The summed E-state index contributed by atoms with van der Waals surface area (Å²) in [6, 6.07) is 0.0417. The van der Waals surface area contributed by atoms with Gasteiger partial charge in [0.25, 0.3) is 5.91 Å². The first-order valence-corrected chi connectivity index (χ1v) is 10.3. The van der Waals surface area contributed by atoms with E-state index in [4.69, 9.17) is 14.0 Å². The Hall–Kier alpha value is -1.97. The van der Waals surface area contributed by atoms with Gasteiger partial charge < -0.3 is 23.8 Å². The second-order valence-electron chi connectivity index (χ2n) is 7.71. The lowest BCUT2D eigenvalue weighted by Gasteiger charge is -2.30. The molecule has 162 valence electrons. The number of likely N-dealkylation sites (tertiary alicyclic amines) is 1. The van der Waals surface area contributed by atoms with Gasteiger partial charge >= 0.3 is 0 Å². The van der Waals surface area contributed by atoms with Crippen molar-refractivity contribution in [3.8, 4) is 0 Å². The number of amides is 2. The van der Waals surface area contributed by atoms with Gasteiger partial charge in [-0.25, -0.2) is 0 Å². The van der Waals surface area contributed by atoms with Crippen molar-refractivity contribution in [2.24, 2.45) is 0 Å². The number of carbonyl (C=O) groups excluding carboxylic acids is 2. The lowest BCUT2D eigenvalue weighted by Crippen LogP contribution is -2.44. The Kier molecular flexibility index (Phi) is 7.63. The quantitative estimate of drug-likeness (QED) is 0.632. The number of aromatic nitrogens is 1. The van der Waals surface area contributed by atoms with E-state index in [0.29, 0.717) is 36.7 Å². The SMILES string of the molecule is COCc1c(C(=O)N2CCC(N(CCCN3CCOCC3)C(C)=O)C2)noc1C. The summed E-state index contributed by atoms with van der Waals surface area (Å²) in [6.07, 6.45) is 1.70. The van der Waals surface area contributed by atoms with Crippen molar-refractivity contribution in [1.82, 2.24) is 19.9 Å². The maximum atomic E-state index is 12.9. The van der Waals surface area contributed by atoms with Crippen LogP contribution in [0.2, 0.25) is 0 Å². The van der Waals surface area contributed by atoms with Crippen molar-refractivity contribution in [3.63, 3.8) is 0 Å². The van der Waals surface area contributed by atoms with Crippen LogP contribution in [0, 0.1) is 6.92 Å². The third-order valence-corrected chi connectivity index (χ3v) is 5.75. The average molecular weight is 408 g/mol. The Morgan fingerprint density at radius 3 is 2.72 bits per heavy atom. The fourth-order valence-corrected chi connectivity index (χ4v) is 4.09. The summed E-state index contributed by atoms with van der Waals surface area (Å²) in [5.41, 5.74) is 1.00. The fourth-order valence-electron chi connectivity index (χ4n) is 4.09. The van der Waals surface area contributed by atoms with Crippen LogP contribution in [-0.2, 0) is 20.9 Å². The highest BCUT2D eigenvalue weighted by molar-refractivity contribution is 5.94. The zero-order chi connectivity index (χ0) is 20.8. The number of ether oxygens (including phenoxy) is 2. The van der Waals surface area contributed by atoms with Crippen molar-refractivity contribution >= 4 is 11.8 Å². The first-order chi connectivity index (χ1) is 14.0. The molecule has 2 saturated heterocycles. The average Bonchev–Trinajstić information content (AvgIpc) is 3.33. The Bertz CT molecular complexity index is 701. The minimum Gasteiger partial charge on any atom is -0.380 e. The molecule has 2 fully saturated rings. The Labute approximate surface area is 171 Å². The molecule has 9 nitrogen and oxygen atoms in total. The minimum absolute atomic E-state index is 0.0417. The third-order valence-electron chi connectivity index (χ3n) is 5.75. The van der Waals surface area contributed by atoms with Crippen LogP contribution in [0.15, 0.2) is 4.52 Å². The van der Waals surface area contributed by atoms with Gasteiger partial charge in [-0.2, -0.15) is 0 Å². The molecule has 1 aromatic rings. The van der Waals surface area contributed by atoms with Crippen LogP contribution in [-0.4, -0.2) is 97.3 Å². The molecule has 2 aliphatic heterocycles. The minimum atomic E-state index is -0.159. The van der Waals surface area contributed by atoms with Crippen molar-refractivity contribution in [2.75, 3.05) is 59.6 Å². The van der Waals surface area contributed by atoms with E-state index >= 15 is 0 Å². The van der Waals surface area contributed by atoms with Crippen molar-refractivity contribution in [2.45, 2.75) is 39.3 Å². The van der Waals surface area contributed by atoms with Crippen LogP contribution in [0.4, 0.5) is 0 Å². The summed E-state index contributed by atoms with van der Waals surface area (Å²) in [5.74, 6) is 0.497. The first kappa shape index (κ1) is 21.7. The van der Waals surface area contributed by atoms with E-state index in [1.807, 2.05) is 4.90 Å². The first-order valence-electron chi connectivity index (χ1n) is 10.3. The number of hydrogen-bond acceptors (Lipinski definition) is 7. The molecule has 29 heavy (non-hydrogen) atoms. The second kappa shape index (κ2) is 10.2. The molecule has 9 heteroatoms. The number of rotatable bonds is 8. The van der Waals surface area contributed by atoms with E-state index in [1.54, 1.807) is 25.9 Å². The summed E-state index contributed by atoms with van der Waals surface area (Å²) in [5, 5.41) is 3.94. The van der Waals surface area contributed by atoms with Gasteiger partial charge in [0.1, 0.15) is 5.76 Å². The fraction of sp³-hybridized carbons (Fsp3) is 0.750. The van der Waals surface area contributed by atoms with Gasteiger partial charge in [-0.1, -0.05) is 5.16 Å². The molecule has 1 unspecified atom stereocenters. The number of morpholine rings is 1. The van der Waals surface area contributed by atoms with Crippen LogP contribution in [0.5, 0.6) is 0 Å². The normalized spacial score (nSPS) is 20.2. The van der Waals surface area contributed by atoms with Gasteiger partial charge in [0.2, 0.25) is 5.91 Å². The molecule has 2 amide bonds. The molecule has 3 heterocycles. The van der Waals surface area contributed by atoms with Crippen molar-refractivity contribution < 1.29 is 23.6 Å². The largest absolute Gasteiger partial charge is 0.380 e. The van der Waals surface area contributed by atoms with Gasteiger partial charge in [-0.05, 0) is 19.8 Å². The van der Waals surface area contributed by atoms with Gasteiger partial charge in [-0.15, -0.1) is 0 Å². The highest BCUT2D eigenvalue weighted by Gasteiger charge is 2.34. The van der Waals surface area contributed by atoms with E-state index in [2.05, 4.69) is 10.1 Å². The highest BCUT2D eigenvalue weighted by atomic mass is 16.5.